The molecule has 2 aromatic heterocycles. The molecular weight excluding hydrogens is 262 g/mol. The molecule has 0 aliphatic carbocycles. The van der Waals surface area contributed by atoms with Crippen LogP contribution in [0.2, 0.25) is 0 Å². The zero-order valence-electron chi connectivity index (χ0n) is 9.31. The lowest BCUT2D eigenvalue weighted by Crippen LogP contribution is -2.26. The van der Waals surface area contributed by atoms with Crippen molar-refractivity contribution >= 4 is 28.5 Å². The quantitative estimate of drug-likeness (QED) is 0.897. The highest BCUT2D eigenvalue weighted by Gasteiger charge is 2.21. The Bertz CT molecular complexity index is 716. The molecule has 0 amide bonds. The molecule has 0 aliphatic heterocycles. The maximum absolute atomic E-state index is 11.9. The molecule has 0 saturated heterocycles. The Morgan fingerprint density at radius 2 is 2.28 bits per heavy atom. The summed E-state index contributed by atoms with van der Waals surface area (Å²) in [4.78, 5) is 23.0. The second kappa shape index (κ2) is 4.26. The fraction of sp³-hybridized carbons (Fsp3) is 0.200. The Balaban J connectivity index is 2.84. The van der Waals surface area contributed by atoms with E-state index in [9.17, 15) is 9.59 Å². The van der Waals surface area contributed by atoms with Crippen molar-refractivity contribution in [1.29, 1.82) is 0 Å². The molecule has 0 unspecified atom stereocenters. The van der Waals surface area contributed by atoms with Gasteiger partial charge in [-0.2, -0.15) is 5.10 Å². The van der Waals surface area contributed by atoms with Crippen LogP contribution in [0.15, 0.2) is 20.9 Å². The van der Waals surface area contributed by atoms with Gasteiger partial charge in [0.1, 0.15) is 5.76 Å². The van der Waals surface area contributed by atoms with Crippen LogP contribution in [0.3, 0.4) is 0 Å². The van der Waals surface area contributed by atoms with Gasteiger partial charge in [0, 0.05) is 5.03 Å². The van der Waals surface area contributed by atoms with E-state index >= 15 is 0 Å². The summed E-state index contributed by atoms with van der Waals surface area (Å²) < 4.78 is 5.72. The molecule has 1 N–H and O–H groups in total. The van der Waals surface area contributed by atoms with Gasteiger partial charge in [-0.25, -0.2) is 9.48 Å². The second-order valence-electron chi connectivity index (χ2n) is 3.60. The summed E-state index contributed by atoms with van der Waals surface area (Å²) in [6.07, 6.45) is 0. The van der Waals surface area contributed by atoms with Crippen molar-refractivity contribution in [3.8, 4) is 0 Å². The van der Waals surface area contributed by atoms with Gasteiger partial charge in [0.05, 0.1) is 11.9 Å². The van der Waals surface area contributed by atoms with Gasteiger partial charge in [0.15, 0.2) is 11.2 Å². The van der Waals surface area contributed by atoms with Crippen molar-refractivity contribution in [1.82, 2.24) is 14.9 Å². The van der Waals surface area contributed by atoms with Gasteiger partial charge in [-0.15, -0.1) is 0 Å². The molecule has 0 atom stereocenters. The molecule has 0 radical (unpaired) electrons. The number of carboxylic acids is 1. The number of halogens is 1. The molecule has 18 heavy (non-hydrogen) atoms. The molecule has 0 fully saturated rings. The molecule has 0 aliphatic rings. The molecular formula is C10H8ClN3O4. The highest BCUT2D eigenvalue weighted by molar-refractivity contribution is 6.29. The van der Waals surface area contributed by atoms with Gasteiger partial charge in [0.25, 0.3) is 5.56 Å². The molecule has 0 spiro atoms. The molecule has 2 aromatic rings. The minimum atomic E-state index is -1.28. The van der Waals surface area contributed by atoms with Crippen molar-refractivity contribution in [2.24, 2.45) is 0 Å². The van der Waals surface area contributed by atoms with E-state index in [4.69, 9.17) is 21.2 Å². The first-order valence-electron chi connectivity index (χ1n) is 4.85. The monoisotopic (exact) mass is 269 g/mol. The van der Waals surface area contributed by atoms with E-state index in [0.717, 1.165) is 4.68 Å². The molecule has 0 saturated carbocycles. The summed E-state index contributed by atoms with van der Waals surface area (Å²) in [5.41, 5.74) is -0.965. The normalized spacial score (nSPS) is 10.8. The molecule has 0 aromatic carbocycles. The number of aromatic nitrogens is 3. The summed E-state index contributed by atoms with van der Waals surface area (Å²) in [6.45, 7) is 4.84. The Morgan fingerprint density at radius 1 is 1.61 bits per heavy atom. The fourth-order valence-corrected chi connectivity index (χ4v) is 1.67. The van der Waals surface area contributed by atoms with E-state index in [2.05, 4.69) is 16.8 Å². The largest absolute Gasteiger partial charge is 0.476 e. The Hall–Kier alpha value is -2.15. The van der Waals surface area contributed by atoms with E-state index in [1.165, 1.54) is 6.92 Å². The van der Waals surface area contributed by atoms with Gasteiger partial charge in [-0.1, -0.05) is 23.3 Å². The molecule has 0 bridgehead atoms. The van der Waals surface area contributed by atoms with Crippen LogP contribution < -0.4 is 5.56 Å². The number of rotatable bonds is 3. The average molecular weight is 270 g/mol. The maximum atomic E-state index is 11.9. The van der Waals surface area contributed by atoms with Crippen LogP contribution in [0.1, 0.15) is 16.2 Å². The summed E-state index contributed by atoms with van der Waals surface area (Å²) in [7, 11) is 0. The second-order valence-corrected chi connectivity index (χ2v) is 4.13. The zero-order chi connectivity index (χ0) is 13.4. The third-order valence-electron chi connectivity index (χ3n) is 2.28. The maximum Gasteiger partial charge on any atom is 0.357 e. The first kappa shape index (κ1) is 12.3. The number of hydrogen-bond donors (Lipinski definition) is 1. The standard InChI is InChI=1S/C10H8ClN3O4/c1-4(11)3-14-9(15)7-6(5(2)18-13-7)8(12-14)10(16)17/h1,3H2,2H3,(H,16,17). The first-order valence-corrected chi connectivity index (χ1v) is 5.23. The number of hydrogen-bond acceptors (Lipinski definition) is 5. The van der Waals surface area contributed by atoms with E-state index in [1.807, 2.05) is 0 Å². The summed E-state index contributed by atoms with van der Waals surface area (Å²) >= 11 is 5.59. The van der Waals surface area contributed by atoms with Crippen LogP contribution in [-0.2, 0) is 6.54 Å². The first-order chi connectivity index (χ1) is 8.41. The lowest BCUT2D eigenvalue weighted by atomic mass is 10.2. The van der Waals surface area contributed by atoms with Crippen molar-refractivity contribution in [2.45, 2.75) is 13.5 Å². The van der Waals surface area contributed by atoms with Gasteiger partial charge in [-0.05, 0) is 6.92 Å². The molecule has 94 valence electrons. The fourth-order valence-electron chi connectivity index (χ4n) is 1.55. The Morgan fingerprint density at radius 3 is 2.83 bits per heavy atom. The lowest BCUT2D eigenvalue weighted by Gasteiger charge is -2.04. The molecule has 2 heterocycles. The van der Waals surface area contributed by atoms with Crippen LogP contribution in [0.4, 0.5) is 0 Å². The van der Waals surface area contributed by atoms with Crippen LogP contribution >= 0.6 is 11.6 Å². The number of nitrogens with zero attached hydrogens (tertiary/aromatic N) is 3. The molecule has 2 rings (SSSR count). The van der Waals surface area contributed by atoms with Gasteiger partial charge < -0.3 is 9.63 Å². The summed E-state index contributed by atoms with van der Waals surface area (Å²) in [5, 5.41) is 16.6. The summed E-state index contributed by atoms with van der Waals surface area (Å²) in [5.74, 6) is -1.05. The SMILES string of the molecule is C=C(Cl)Cn1nc(C(=O)O)c2c(C)onc2c1=O. The number of fused-ring (bicyclic) bond motifs is 1. The number of allylic oxidation sites excluding steroid dienone is 1. The number of carbonyl (C=O) groups is 1. The third kappa shape index (κ3) is 1.88. The highest BCUT2D eigenvalue weighted by atomic mass is 35.5. The molecule has 7 nitrogen and oxygen atoms in total. The van der Waals surface area contributed by atoms with Gasteiger partial charge in [0.2, 0.25) is 0 Å². The van der Waals surface area contributed by atoms with Crippen LogP contribution in [0.25, 0.3) is 10.9 Å². The lowest BCUT2D eigenvalue weighted by molar-refractivity contribution is 0.0690. The van der Waals surface area contributed by atoms with Crippen molar-refractivity contribution in [2.75, 3.05) is 0 Å². The van der Waals surface area contributed by atoms with E-state index < -0.39 is 11.5 Å². The van der Waals surface area contributed by atoms with Gasteiger partial charge >= 0.3 is 5.97 Å². The van der Waals surface area contributed by atoms with Crippen molar-refractivity contribution in [3.05, 3.63) is 33.4 Å². The summed E-state index contributed by atoms with van der Waals surface area (Å²) in [6, 6.07) is 0. The minimum absolute atomic E-state index is 0.0854. The number of aromatic carboxylic acids is 1. The van der Waals surface area contributed by atoms with E-state index in [-0.39, 0.29) is 33.9 Å². The number of carboxylic acid groups (broad SMARTS) is 1. The predicted octanol–water partition coefficient (Wildman–Crippen LogP) is 1.14. The van der Waals surface area contributed by atoms with Crippen molar-refractivity contribution in [3.63, 3.8) is 0 Å². The number of aryl methyl sites for hydroxylation is 1. The van der Waals surface area contributed by atoms with Crippen molar-refractivity contribution < 1.29 is 14.4 Å². The predicted molar refractivity (Wildman–Crippen MR) is 62.8 cm³/mol. The third-order valence-corrected chi connectivity index (χ3v) is 2.40. The van der Waals surface area contributed by atoms with E-state index in [0.29, 0.717) is 0 Å². The Labute approximate surface area is 105 Å². The van der Waals surface area contributed by atoms with Crippen LogP contribution in [0, 0.1) is 6.92 Å². The highest BCUT2D eigenvalue weighted by Crippen LogP contribution is 2.17. The smallest absolute Gasteiger partial charge is 0.357 e. The van der Waals surface area contributed by atoms with Crippen LogP contribution in [-0.4, -0.2) is 26.0 Å². The van der Waals surface area contributed by atoms with E-state index in [1.54, 1.807) is 0 Å². The Kier molecular flexibility index (Phi) is 2.92. The minimum Gasteiger partial charge on any atom is -0.476 e. The topological polar surface area (TPSA) is 98.2 Å². The zero-order valence-corrected chi connectivity index (χ0v) is 10.1. The molecule has 8 heteroatoms. The van der Waals surface area contributed by atoms with Gasteiger partial charge in [-0.3, -0.25) is 4.79 Å². The average Bonchev–Trinajstić information content (AvgIpc) is 2.64. The van der Waals surface area contributed by atoms with Crippen LogP contribution in [0.5, 0.6) is 0 Å².